The third-order valence-corrected chi connectivity index (χ3v) is 5.47. The van der Waals surface area contributed by atoms with E-state index in [9.17, 15) is 9.59 Å². The van der Waals surface area contributed by atoms with Crippen molar-refractivity contribution in [3.05, 3.63) is 80.6 Å². The van der Waals surface area contributed by atoms with E-state index in [0.717, 1.165) is 34.0 Å². The van der Waals surface area contributed by atoms with Crippen LogP contribution in [0, 0.1) is 6.92 Å². The first-order chi connectivity index (χ1) is 12.9. The van der Waals surface area contributed by atoms with Crippen LogP contribution in [0.15, 0.2) is 47.3 Å². The Bertz CT molecular complexity index is 1080. The Morgan fingerprint density at radius 3 is 2.52 bits per heavy atom. The highest BCUT2D eigenvalue weighted by Gasteiger charge is 2.22. The minimum atomic E-state index is -0.0589. The molecule has 3 aromatic rings. The lowest BCUT2D eigenvalue weighted by Crippen LogP contribution is -2.36. The Morgan fingerprint density at radius 1 is 1.07 bits per heavy atom. The van der Waals surface area contributed by atoms with Gasteiger partial charge in [-0.2, -0.15) is 0 Å². The van der Waals surface area contributed by atoms with Crippen LogP contribution < -0.4 is 5.56 Å². The highest BCUT2D eigenvalue weighted by molar-refractivity contribution is 5.94. The fourth-order valence-corrected chi connectivity index (χ4v) is 3.74. The number of aryl methyl sites for hydroxylation is 1. The van der Waals surface area contributed by atoms with E-state index >= 15 is 0 Å². The minimum absolute atomic E-state index is 0.0589. The summed E-state index contributed by atoms with van der Waals surface area (Å²) in [5.74, 6) is 0.517. The molecule has 4 rings (SSSR count). The SMILES string of the molecule is Cc1cc2cc3c(cc2[nH]c1=O)CN(C(=O)c1ccc(C(C)C)cc1)CC3. The van der Waals surface area contributed by atoms with Gasteiger partial charge in [-0.15, -0.1) is 0 Å². The fourth-order valence-electron chi connectivity index (χ4n) is 3.74. The summed E-state index contributed by atoms with van der Waals surface area (Å²) in [4.78, 5) is 29.7. The summed E-state index contributed by atoms with van der Waals surface area (Å²) in [6, 6.07) is 14.0. The topological polar surface area (TPSA) is 53.2 Å². The molecule has 0 radical (unpaired) electrons. The summed E-state index contributed by atoms with van der Waals surface area (Å²) < 4.78 is 0. The Morgan fingerprint density at radius 2 is 1.81 bits per heavy atom. The quantitative estimate of drug-likeness (QED) is 0.746. The molecule has 4 heteroatoms. The van der Waals surface area contributed by atoms with Crippen LogP contribution in [0.4, 0.5) is 0 Å². The number of aromatic nitrogens is 1. The molecule has 0 bridgehead atoms. The van der Waals surface area contributed by atoms with Crippen LogP contribution in [0.25, 0.3) is 10.9 Å². The molecule has 0 spiro atoms. The standard InChI is InChI=1S/C23H24N2O2/c1-14(2)16-4-6-17(7-5-16)23(27)25-9-8-18-11-19-10-15(3)22(26)24-21(19)12-20(18)13-25/h4-7,10-12,14H,8-9,13H2,1-3H3,(H,24,26). The predicted molar refractivity (Wildman–Crippen MR) is 108 cm³/mol. The Labute approximate surface area is 158 Å². The molecule has 27 heavy (non-hydrogen) atoms. The van der Waals surface area contributed by atoms with Crippen molar-refractivity contribution in [1.29, 1.82) is 0 Å². The lowest BCUT2D eigenvalue weighted by molar-refractivity contribution is 0.0735. The molecule has 1 aromatic heterocycles. The molecule has 0 unspecified atom stereocenters. The lowest BCUT2D eigenvalue weighted by Gasteiger charge is -2.29. The van der Waals surface area contributed by atoms with Crippen LogP contribution in [0.1, 0.15) is 52.4 Å². The normalized spacial score (nSPS) is 13.9. The van der Waals surface area contributed by atoms with Crippen molar-refractivity contribution in [3.63, 3.8) is 0 Å². The number of fused-ring (bicyclic) bond motifs is 2. The third kappa shape index (κ3) is 3.27. The van der Waals surface area contributed by atoms with Gasteiger partial charge in [-0.3, -0.25) is 9.59 Å². The summed E-state index contributed by atoms with van der Waals surface area (Å²) >= 11 is 0. The highest BCUT2D eigenvalue weighted by Crippen LogP contribution is 2.25. The average Bonchev–Trinajstić information content (AvgIpc) is 2.66. The number of pyridine rings is 1. The first kappa shape index (κ1) is 17.5. The van der Waals surface area contributed by atoms with E-state index in [1.165, 1.54) is 11.1 Å². The van der Waals surface area contributed by atoms with Gasteiger partial charge in [0.05, 0.1) is 0 Å². The number of nitrogens with zero attached hydrogens (tertiary/aromatic N) is 1. The molecule has 2 heterocycles. The van der Waals surface area contributed by atoms with Crippen molar-refractivity contribution in [2.45, 2.75) is 39.7 Å². The van der Waals surface area contributed by atoms with Crippen molar-refractivity contribution in [1.82, 2.24) is 9.88 Å². The zero-order chi connectivity index (χ0) is 19.1. The van der Waals surface area contributed by atoms with Gasteiger partial charge in [-0.25, -0.2) is 0 Å². The molecule has 0 fully saturated rings. The van der Waals surface area contributed by atoms with Crippen LogP contribution in [0.2, 0.25) is 0 Å². The Kier molecular flexibility index (Phi) is 4.34. The third-order valence-electron chi connectivity index (χ3n) is 5.47. The molecule has 1 aliphatic rings. The van der Waals surface area contributed by atoms with Gasteiger partial charge in [0.2, 0.25) is 0 Å². The van der Waals surface area contributed by atoms with Gasteiger partial charge >= 0.3 is 0 Å². The van der Waals surface area contributed by atoms with Crippen molar-refractivity contribution in [3.8, 4) is 0 Å². The molecule has 1 N–H and O–H groups in total. The Hall–Kier alpha value is -2.88. The molecule has 0 atom stereocenters. The number of hydrogen-bond acceptors (Lipinski definition) is 2. The maximum atomic E-state index is 12.9. The average molecular weight is 360 g/mol. The van der Waals surface area contributed by atoms with E-state index in [1.54, 1.807) is 0 Å². The number of aromatic amines is 1. The molecular weight excluding hydrogens is 336 g/mol. The number of carbonyl (C=O) groups excluding carboxylic acids is 1. The molecule has 1 aliphatic heterocycles. The second-order valence-electron chi connectivity index (χ2n) is 7.74. The fraction of sp³-hybridized carbons (Fsp3) is 0.304. The summed E-state index contributed by atoms with van der Waals surface area (Å²) in [7, 11) is 0. The van der Waals surface area contributed by atoms with Gasteiger partial charge in [0.25, 0.3) is 11.5 Å². The number of amides is 1. The van der Waals surface area contributed by atoms with Crippen molar-refractivity contribution in [2.75, 3.05) is 6.54 Å². The maximum Gasteiger partial charge on any atom is 0.254 e. The van der Waals surface area contributed by atoms with E-state index < -0.39 is 0 Å². The van der Waals surface area contributed by atoms with E-state index in [0.29, 0.717) is 19.0 Å². The van der Waals surface area contributed by atoms with Gasteiger partial charge < -0.3 is 9.88 Å². The zero-order valence-corrected chi connectivity index (χ0v) is 16.0. The van der Waals surface area contributed by atoms with Crippen LogP contribution in [0.3, 0.4) is 0 Å². The number of rotatable bonds is 2. The largest absolute Gasteiger partial charge is 0.334 e. The van der Waals surface area contributed by atoms with Crippen LogP contribution in [0.5, 0.6) is 0 Å². The highest BCUT2D eigenvalue weighted by atomic mass is 16.2. The van der Waals surface area contributed by atoms with Gasteiger partial charge in [0.1, 0.15) is 0 Å². The molecule has 0 saturated carbocycles. The second-order valence-corrected chi connectivity index (χ2v) is 7.74. The number of nitrogens with one attached hydrogen (secondary N) is 1. The van der Waals surface area contributed by atoms with E-state index in [-0.39, 0.29) is 11.5 Å². The number of benzene rings is 2. The molecule has 4 nitrogen and oxygen atoms in total. The van der Waals surface area contributed by atoms with E-state index in [1.807, 2.05) is 48.2 Å². The summed E-state index contributed by atoms with van der Waals surface area (Å²) in [5.41, 5.74) is 5.83. The smallest absolute Gasteiger partial charge is 0.254 e. The van der Waals surface area contributed by atoms with Crippen molar-refractivity contribution < 1.29 is 4.79 Å². The number of H-pyrrole nitrogens is 1. The van der Waals surface area contributed by atoms with Gasteiger partial charge in [0, 0.05) is 29.7 Å². The first-order valence-corrected chi connectivity index (χ1v) is 9.47. The molecule has 0 aliphatic carbocycles. The zero-order valence-electron chi connectivity index (χ0n) is 16.0. The van der Waals surface area contributed by atoms with Crippen LogP contribution in [-0.4, -0.2) is 22.3 Å². The molecule has 0 saturated heterocycles. The summed E-state index contributed by atoms with van der Waals surface area (Å²) in [6.45, 7) is 7.41. The van der Waals surface area contributed by atoms with Gasteiger partial charge in [-0.05, 0) is 71.7 Å². The second kappa shape index (κ2) is 6.69. The molecule has 1 amide bonds. The van der Waals surface area contributed by atoms with Crippen LogP contribution >= 0.6 is 0 Å². The molecule has 138 valence electrons. The monoisotopic (exact) mass is 360 g/mol. The van der Waals surface area contributed by atoms with Gasteiger partial charge in [-0.1, -0.05) is 26.0 Å². The van der Waals surface area contributed by atoms with Crippen molar-refractivity contribution in [2.24, 2.45) is 0 Å². The number of hydrogen-bond donors (Lipinski definition) is 1. The maximum absolute atomic E-state index is 12.9. The Balaban J connectivity index is 1.62. The van der Waals surface area contributed by atoms with Crippen LogP contribution in [-0.2, 0) is 13.0 Å². The first-order valence-electron chi connectivity index (χ1n) is 9.47. The van der Waals surface area contributed by atoms with E-state index in [4.69, 9.17) is 0 Å². The minimum Gasteiger partial charge on any atom is -0.334 e. The molecule has 2 aromatic carbocycles. The van der Waals surface area contributed by atoms with Crippen molar-refractivity contribution >= 4 is 16.8 Å². The molecular formula is C23H24N2O2. The predicted octanol–water partition coefficient (Wildman–Crippen LogP) is 4.16. The lowest BCUT2D eigenvalue weighted by atomic mass is 9.96. The number of carbonyl (C=O) groups is 1. The van der Waals surface area contributed by atoms with Gasteiger partial charge in [0.15, 0.2) is 0 Å². The van der Waals surface area contributed by atoms with E-state index in [2.05, 4.69) is 24.9 Å². The summed E-state index contributed by atoms with van der Waals surface area (Å²) in [6.07, 6.45) is 0.833. The summed E-state index contributed by atoms with van der Waals surface area (Å²) in [5, 5.41) is 1.05.